The second-order valence-corrected chi connectivity index (χ2v) is 5.12. The monoisotopic (exact) mass is 229 g/mol. The van der Waals surface area contributed by atoms with Crippen LogP contribution in [0.5, 0.6) is 0 Å². The second-order valence-electron chi connectivity index (χ2n) is 3.70. The van der Waals surface area contributed by atoms with E-state index in [2.05, 4.69) is 4.98 Å². The molecule has 0 radical (unpaired) electrons. The van der Waals surface area contributed by atoms with Crippen molar-refractivity contribution in [3.63, 3.8) is 0 Å². The molecular weight excluding hydrogens is 214 g/mol. The SMILES string of the molecule is CCc1cc(S(=O)(=O)O)cc(C(C)C)n1. The van der Waals surface area contributed by atoms with Crippen LogP contribution in [0, 0.1) is 0 Å². The normalized spacial score (nSPS) is 12.1. The summed E-state index contributed by atoms with van der Waals surface area (Å²) in [6.07, 6.45) is 0.642. The molecule has 0 spiro atoms. The van der Waals surface area contributed by atoms with Crippen LogP contribution < -0.4 is 0 Å². The molecule has 0 saturated heterocycles. The zero-order valence-corrected chi connectivity index (χ0v) is 9.87. The van der Waals surface area contributed by atoms with Crippen LogP contribution in [0.15, 0.2) is 17.0 Å². The van der Waals surface area contributed by atoms with Crippen LogP contribution in [0.4, 0.5) is 0 Å². The summed E-state index contributed by atoms with van der Waals surface area (Å²) in [4.78, 5) is 4.22. The molecule has 0 atom stereocenters. The number of aryl methyl sites for hydroxylation is 1. The smallest absolute Gasteiger partial charge is 0.282 e. The lowest BCUT2D eigenvalue weighted by molar-refractivity contribution is 0.482. The van der Waals surface area contributed by atoms with E-state index in [0.29, 0.717) is 17.8 Å². The quantitative estimate of drug-likeness (QED) is 0.805. The summed E-state index contributed by atoms with van der Waals surface area (Å²) < 4.78 is 31.0. The van der Waals surface area contributed by atoms with Gasteiger partial charge in [-0.15, -0.1) is 0 Å². The Kier molecular flexibility index (Phi) is 3.46. The average Bonchev–Trinajstić information content (AvgIpc) is 2.15. The lowest BCUT2D eigenvalue weighted by Crippen LogP contribution is -2.04. The topological polar surface area (TPSA) is 67.3 Å². The number of hydrogen-bond donors (Lipinski definition) is 1. The minimum atomic E-state index is -4.13. The van der Waals surface area contributed by atoms with Crippen molar-refractivity contribution in [1.29, 1.82) is 0 Å². The molecule has 0 fully saturated rings. The van der Waals surface area contributed by atoms with Gasteiger partial charge >= 0.3 is 0 Å². The fourth-order valence-electron chi connectivity index (χ4n) is 1.21. The fraction of sp³-hybridized carbons (Fsp3) is 0.500. The van der Waals surface area contributed by atoms with Crippen LogP contribution in [0.1, 0.15) is 38.1 Å². The van der Waals surface area contributed by atoms with Gasteiger partial charge in [-0.05, 0) is 24.5 Å². The van der Waals surface area contributed by atoms with Gasteiger partial charge in [0.05, 0.1) is 4.90 Å². The summed E-state index contributed by atoms with van der Waals surface area (Å²) in [7, 11) is -4.13. The molecule has 0 bridgehead atoms. The molecule has 1 aromatic heterocycles. The highest BCUT2D eigenvalue weighted by Crippen LogP contribution is 2.18. The number of rotatable bonds is 3. The number of hydrogen-bond acceptors (Lipinski definition) is 3. The van der Waals surface area contributed by atoms with Gasteiger partial charge in [-0.3, -0.25) is 9.54 Å². The lowest BCUT2D eigenvalue weighted by Gasteiger charge is -2.08. The van der Waals surface area contributed by atoms with Gasteiger partial charge < -0.3 is 0 Å². The Labute approximate surface area is 90.1 Å². The highest BCUT2D eigenvalue weighted by Gasteiger charge is 2.13. The number of nitrogens with zero attached hydrogens (tertiary/aromatic N) is 1. The van der Waals surface area contributed by atoms with Crippen molar-refractivity contribution in [2.45, 2.75) is 38.0 Å². The maximum Gasteiger partial charge on any atom is 0.294 e. The van der Waals surface area contributed by atoms with Crippen LogP contribution >= 0.6 is 0 Å². The molecule has 0 saturated carbocycles. The predicted molar refractivity (Wildman–Crippen MR) is 57.5 cm³/mol. The van der Waals surface area contributed by atoms with Crippen molar-refractivity contribution in [3.8, 4) is 0 Å². The maximum absolute atomic E-state index is 11.0. The van der Waals surface area contributed by atoms with Crippen molar-refractivity contribution in [1.82, 2.24) is 4.98 Å². The summed E-state index contributed by atoms with van der Waals surface area (Å²) in [5.41, 5.74) is 1.36. The van der Waals surface area contributed by atoms with Crippen LogP contribution in [-0.2, 0) is 16.5 Å². The molecule has 84 valence electrons. The van der Waals surface area contributed by atoms with Gasteiger partial charge in [0, 0.05) is 11.4 Å². The van der Waals surface area contributed by atoms with Gasteiger partial charge in [0.15, 0.2) is 0 Å². The van der Waals surface area contributed by atoms with Crippen LogP contribution in [-0.4, -0.2) is 18.0 Å². The molecule has 0 aliphatic rings. The first-order chi connectivity index (χ1) is 6.84. The molecule has 0 aromatic carbocycles. The molecule has 0 aliphatic heterocycles. The molecule has 1 heterocycles. The van der Waals surface area contributed by atoms with Crippen LogP contribution in [0.25, 0.3) is 0 Å². The molecular formula is C10H15NO3S. The minimum absolute atomic E-state index is 0.0712. The van der Waals surface area contributed by atoms with Crippen molar-refractivity contribution in [2.75, 3.05) is 0 Å². The van der Waals surface area contributed by atoms with Crippen LogP contribution in [0.3, 0.4) is 0 Å². The number of aromatic nitrogens is 1. The molecule has 1 N–H and O–H groups in total. The van der Waals surface area contributed by atoms with E-state index in [-0.39, 0.29) is 10.8 Å². The van der Waals surface area contributed by atoms with Gasteiger partial charge in [0.25, 0.3) is 10.1 Å². The van der Waals surface area contributed by atoms with E-state index in [1.165, 1.54) is 12.1 Å². The first-order valence-corrected chi connectivity index (χ1v) is 6.27. The summed E-state index contributed by atoms with van der Waals surface area (Å²) in [6.45, 7) is 5.74. The van der Waals surface area contributed by atoms with Gasteiger partial charge in [0.2, 0.25) is 0 Å². The predicted octanol–water partition coefficient (Wildman–Crippen LogP) is 2.01. The van der Waals surface area contributed by atoms with Gasteiger partial charge in [0.1, 0.15) is 0 Å². The maximum atomic E-state index is 11.0. The van der Waals surface area contributed by atoms with E-state index in [4.69, 9.17) is 4.55 Å². The Hall–Kier alpha value is -0.940. The van der Waals surface area contributed by atoms with Crippen molar-refractivity contribution in [2.24, 2.45) is 0 Å². The Morgan fingerprint density at radius 3 is 2.40 bits per heavy atom. The van der Waals surface area contributed by atoms with Crippen molar-refractivity contribution < 1.29 is 13.0 Å². The van der Waals surface area contributed by atoms with Crippen molar-refractivity contribution in [3.05, 3.63) is 23.5 Å². The Morgan fingerprint density at radius 1 is 1.40 bits per heavy atom. The Morgan fingerprint density at radius 2 is 2.00 bits per heavy atom. The summed E-state index contributed by atoms with van der Waals surface area (Å²) in [6, 6.07) is 2.82. The van der Waals surface area contributed by atoms with Crippen LogP contribution in [0.2, 0.25) is 0 Å². The molecule has 15 heavy (non-hydrogen) atoms. The van der Waals surface area contributed by atoms with E-state index in [1.54, 1.807) is 0 Å². The molecule has 1 rings (SSSR count). The molecule has 0 aliphatic carbocycles. The number of pyridine rings is 1. The highest BCUT2D eigenvalue weighted by molar-refractivity contribution is 7.85. The molecule has 5 heteroatoms. The summed E-state index contributed by atoms with van der Waals surface area (Å²) >= 11 is 0. The molecule has 0 unspecified atom stereocenters. The van der Waals surface area contributed by atoms with E-state index >= 15 is 0 Å². The largest absolute Gasteiger partial charge is 0.294 e. The van der Waals surface area contributed by atoms with Gasteiger partial charge in [-0.1, -0.05) is 20.8 Å². The zero-order chi connectivity index (χ0) is 11.6. The lowest BCUT2D eigenvalue weighted by atomic mass is 10.1. The first kappa shape index (κ1) is 12.1. The van der Waals surface area contributed by atoms with E-state index in [9.17, 15) is 8.42 Å². The standard InChI is InChI=1S/C10H15NO3S/c1-4-8-5-9(15(12,13)14)6-10(11-8)7(2)3/h5-7H,4H2,1-3H3,(H,12,13,14). The van der Waals surface area contributed by atoms with E-state index < -0.39 is 10.1 Å². The Bertz CT molecular complexity index is 452. The average molecular weight is 229 g/mol. The van der Waals surface area contributed by atoms with Gasteiger partial charge in [-0.2, -0.15) is 8.42 Å². The van der Waals surface area contributed by atoms with Gasteiger partial charge in [-0.25, -0.2) is 0 Å². The van der Waals surface area contributed by atoms with E-state index in [1.807, 2.05) is 20.8 Å². The summed E-state index contributed by atoms with van der Waals surface area (Å²) in [5, 5.41) is 0. The Balaban J connectivity index is 3.36. The van der Waals surface area contributed by atoms with E-state index in [0.717, 1.165) is 0 Å². The second kappa shape index (κ2) is 4.28. The highest BCUT2D eigenvalue weighted by atomic mass is 32.2. The minimum Gasteiger partial charge on any atom is -0.282 e. The third-order valence-corrected chi connectivity index (χ3v) is 2.95. The zero-order valence-electron chi connectivity index (χ0n) is 9.06. The first-order valence-electron chi connectivity index (χ1n) is 4.83. The third kappa shape index (κ3) is 3.00. The fourth-order valence-corrected chi connectivity index (χ4v) is 1.76. The molecule has 1 aromatic rings. The third-order valence-electron chi connectivity index (χ3n) is 2.12. The molecule has 0 amide bonds. The summed E-state index contributed by atoms with van der Waals surface area (Å²) in [5.74, 6) is 0.136. The van der Waals surface area contributed by atoms with Crippen molar-refractivity contribution >= 4 is 10.1 Å². The molecule has 4 nitrogen and oxygen atoms in total.